The summed E-state index contributed by atoms with van der Waals surface area (Å²) in [6.45, 7) is 6.57. The molecule has 0 N–H and O–H groups in total. The fourth-order valence-electron chi connectivity index (χ4n) is 4.75. The van der Waals surface area contributed by atoms with Crippen molar-refractivity contribution in [1.82, 2.24) is 0 Å². The molecule has 0 aromatic heterocycles. The number of ether oxygens (including phenoxy) is 1. The Morgan fingerprint density at radius 3 is 0.921 bits per heavy atom. The van der Waals surface area contributed by atoms with Crippen LogP contribution in [0.15, 0.2) is 60.7 Å². The second kappa shape index (κ2) is 31.5. The Morgan fingerprint density at radius 2 is 0.632 bits per heavy atom. The zero-order valence-electron chi connectivity index (χ0n) is 24.7. The van der Waals surface area contributed by atoms with Crippen LogP contribution in [0.1, 0.15) is 142 Å². The van der Waals surface area contributed by atoms with E-state index in [1.165, 1.54) is 140 Å². The van der Waals surface area contributed by atoms with Crippen molar-refractivity contribution in [2.24, 2.45) is 0 Å². The van der Waals surface area contributed by atoms with Crippen molar-refractivity contribution >= 4 is 48.9 Å². The Morgan fingerprint density at radius 1 is 0.368 bits per heavy atom. The number of rotatable bonds is 23. The van der Waals surface area contributed by atoms with Gasteiger partial charge in [-0.25, -0.2) is 0 Å². The van der Waals surface area contributed by atoms with E-state index >= 15 is 0 Å². The summed E-state index contributed by atoms with van der Waals surface area (Å²) in [6, 6.07) is 20.8. The molecule has 1 nitrogen and oxygen atoms in total. The minimum atomic E-state index is 0. The molecule has 38 heavy (non-hydrogen) atoms. The Kier molecular flexibility index (Phi) is 31.5. The molecular weight excluding hydrogens is 586 g/mol. The summed E-state index contributed by atoms with van der Waals surface area (Å²) in [7, 11) is 0. The summed E-state index contributed by atoms with van der Waals surface area (Å²) in [4.78, 5) is 0. The van der Waals surface area contributed by atoms with E-state index in [0.717, 1.165) is 13.2 Å². The Bertz CT molecular complexity index is 613. The van der Waals surface area contributed by atoms with Crippen LogP contribution in [0.2, 0.25) is 0 Å². The summed E-state index contributed by atoms with van der Waals surface area (Å²) in [5.41, 5.74) is 2.55. The Labute approximate surface area is 278 Å². The van der Waals surface area contributed by atoms with Crippen LogP contribution in [-0.4, -0.2) is 62.1 Å². The van der Waals surface area contributed by atoms with Crippen LogP contribution in [0.25, 0.3) is 11.1 Å². The quantitative estimate of drug-likeness (QED) is 0.0861. The van der Waals surface area contributed by atoms with Crippen LogP contribution in [0, 0.1) is 0 Å². The standard InChI is InChI=1S/C24H50O.C12H10.Ba.2H/c1-3-5-7-9-11-13-15-17-19-21-23-25-24-22-20-18-16-14-12-10-8-6-4-2;1-3-7-11(8-4-1)12-9-5-2-6-10-12;;;/h3-24H2,1-2H3;1-10H;;;. The molecular formula is C36H62BaO. The summed E-state index contributed by atoms with van der Waals surface area (Å²) in [5.74, 6) is 0. The van der Waals surface area contributed by atoms with Crippen molar-refractivity contribution in [3.05, 3.63) is 60.7 Å². The molecule has 2 rings (SSSR count). The molecule has 0 heterocycles. The van der Waals surface area contributed by atoms with Gasteiger partial charge in [-0.1, -0.05) is 190 Å². The molecule has 0 amide bonds. The number of hydrogen-bond donors (Lipinski definition) is 0. The van der Waals surface area contributed by atoms with Gasteiger partial charge in [-0.3, -0.25) is 0 Å². The maximum atomic E-state index is 5.78. The van der Waals surface area contributed by atoms with E-state index in [4.69, 9.17) is 4.74 Å². The van der Waals surface area contributed by atoms with Crippen molar-refractivity contribution < 1.29 is 4.74 Å². The molecule has 2 aromatic carbocycles. The topological polar surface area (TPSA) is 9.23 Å². The molecule has 2 aromatic rings. The fourth-order valence-corrected chi connectivity index (χ4v) is 4.75. The van der Waals surface area contributed by atoms with Gasteiger partial charge < -0.3 is 4.74 Å². The zero-order valence-corrected chi connectivity index (χ0v) is 24.7. The molecule has 0 atom stereocenters. The minimum Gasteiger partial charge on any atom is -0.0622 e. The smallest absolute Gasteiger partial charge is 0.0184 e. The first-order valence-corrected chi connectivity index (χ1v) is 16.1. The number of benzene rings is 2. The van der Waals surface area contributed by atoms with Gasteiger partial charge in [0.05, 0.1) is 0 Å². The van der Waals surface area contributed by atoms with E-state index in [1.54, 1.807) is 0 Å². The first kappa shape index (κ1) is 38.0. The maximum Gasteiger partial charge on any atom is -0.0184 e. The van der Waals surface area contributed by atoms with E-state index in [9.17, 15) is 0 Å². The van der Waals surface area contributed by atoms with Gasteiger partial charge in [0.1, 0.15) is 0 Å². The first-order valence-electron chi connectivity index (χ1n) is 16.1. The Hall–Kier alpha value is -0.0286. The molecule has 0 saturated heterocycles. The van der Waals surface area contributed by atoms with Gasteiger partial charge in [-0.2, -0.15) is 0 Å². The van der Waals surface area contributed by atoms with E-state index in [2.05, 4.69) is 62.4 Å². The molecule has 2 heteroatoms. The van der Waals surface area contributed by atoms with Gasteiger partial charge in [-0.05, 0) is 24.0 Å². The van der Waals surface area contributed by atoms with Crippen LogP contribution in [0.5, 0.6) is 0 Å². The van der Waals surface area contributed by atoms with E-state index in [1.807, 2.05) is 12.1 Å². The van der Waals surface area contributed by atoms with Gasteiger partial charge in [0, 0.05) is 13.2 Å². The molecule has 0 aliphatic heterocycles. The van der Waals surface area contributed by atoms with Crippen LogP contribution in [-0.2, 0) is 4.74 Å². The van der Waals surface area contributed by atoms with Crippen molar-refractivity contribution in [2.45, 2.75) is 142 Å². The van der Waals surface area contributed by atoms with Gasteiger partial charge in [0.15, 0.2) is 0 Å². The van der Waals surface area contributed by atoms with Crippen LogP contribution in [0.4, 0.5) is 0 Å². The second-order valence-corrected chi connectivity index (χ2v) is 10.7. The monoisotopic (exact) mass is 648 g/mol. The molecule has 0 unspecified atom stereocenters. The maximum absolute atomic E-state index is 5.78. The largest absolute Gasteiger partial charge is 0.0622 e. The summed E-state index contributed by atoms with van der Waals surface area (Å²) in [6.07, 6.45) is 28.2. The van der Waals surface area contributed by atoms with Gasteiger partial charge in [0.25, 0.3) is 0 Å². The van der Waals surface area contributed by atoms with E-state index < -0.39 is 0 Å². The van der Waals surface area contributed by atoms with Crippen LogP contribution < -0.4 is 0 Å². The molecule has 0 radical (unpaired) electrons. The van der Waals surface area contributed by atoms with Crippen molar-refractivity contribution in [2.75, 3.05) is 13.2 Å². The molecule has 0 fully saturated rings. The molecule has 0 saturated carbocycles. The second-order valence-electron chi connectivity index (χ2n) is 10.7. The Balaban J connectivity index is 0.000000868. The molecule has 0 bridgehead atoms. The van der Waals surface area contributed by atoms with E-state index in [0.29, 0.717) is 0 Å². The average Bonchev–Trinajstić information content (AvgIpc) is 2.95. The van der Waals surface area contributed by atoms with Crippen molar-refractivity contribution in [3.63, 3.8) is 0 Å². The third kappa shape index (κ3) is 25.0. The fraction of sp³-hybridized carbons (Fsp3) is 0.667. The van der Waals surface area contributed by atoms with Gasteiger partial charge in [0.2, 0.25) is 0 Å². The zero-order chi connectivity index (χ0) is 26.5. The van der Waals surface area contributed by atoms with Crippen LogP contribution >= 0.6 is 0 Å². The SMILES string of the molecule is CCCCCCCCCCCCOCCCCCCCCCCCC.[BaH2].c1ccc(-c2ccccc2)cc1. The van der Waals surface area contributed by atoms with Crippen molar-refractivity contribution in [3.8, 4) is 11.1 Å². The number of unbranched alkanes of at least 4 members (excludes halogenated alkanes) is 18. The average molecular weight is 648 g/mol. The van der Waals surface area contributed by atoms with Gasteiger partial charge in [-0.15, -0.1) is 0 Å². The normalized spacial score (nSPS) is 10.5. The van der Waals surface area contributed by atoms with Gasteiger partial charge >= 0.3 is 48.9 Å². The van der Waals surface area contributed by atoms with E-state index in [-0.39, 0.29) is 48.9 Å². The summed E-state index contributed by atoms with van der Waals surface area (Å²) in [5, 5.41) is 0. The number of hydrogen-bond acceptors (Lipinski definition) is 1. The molecule has 0 aliphatic carbocycles. The first-order chi connectivity index (χ1) is 18.4. The van der Waals surface area contributed by atoms with Crippen LogP contribution in [0.3, 0.4) is 0 Å². The predicted molar refractivity (Wildman–Crippen MR) is 175 cm³/mol. The third-order valence-corrected chi connectivity index (χ3v) is 7.17. The predicted octanol–water partition coefficient (Wildman–Crippen LogP) is 11.3. The summed E-state index contributed by atoms with van der Waals surface area (Å²) < 4.78 is 5.78. The summed E-state index contributed by atoms with van der Waals surface area (Å²) >= 11 is 0. The third-order valence-electron chi connectivity index (χ3n) is 7.17. The minimum absolute atomic E-state index is 0. The molecule has 214 valence electrons. The molecule has 0 spiro atoms. The molecule has 0 aliphatic rings. The van der Waals surface area contributed by atoms with Crippen molar-refractivity contribution in [1.29, 1.82) is 0 Å².